The molecule has 2 aliphatic rings. The molecule has 0 aromatic heterocycles. The highest BCUT2D eigenvalue weighted by Gasteiger charge is 2.49. The predicted molar refractivity (Wildman–Crippen MR) is 117 cm³/mol. The van der Waals surface area contributed by atoms with Crippen molar-refractivity contribution in [3.63, 3.8) is 0 Å². The van der Waals surface area contributed by atoms with Gasteiger partial charge in [0.25, 0.3) is 5.91 Å². The van der Waals surface area contributed by atoms with E-state index in [4.69, 9.17) is 14.2 Å². The molecule has 2 heterocycles. The maximum atomic E-state index is 13.5. The van der Waals surface area contributed by atoms with Crippen molar-refractivity contribution in [1.29, 1.82) is 0 Å². The highest BCUT2D eigenvalue weighted by molar-refractivity contribution is 6.24. The Hall–Kier alpha value is -3.19. The van der Waals surface area contributed by atoms with Gasteiger partial charge < -0.3 is 19.5 Å². The molecule has 2 aromatic rings. The van der Waals surface area contributed by atoms with E-state index in [0.29, 0.717) is 37.2 Å². The van der Waals surface area contributed by atoms with Gasteiger partial charge in [-0.3, -0.25) is 4.79 Å². The van der Waals surface area contributed by atoms with E-state index < -0.39 is 11.7 Å². The molecule has 0 radical (unpaired) electrons. The summed E-state index contributed by atoms with van der Waals surface area (Å²) in [6, 6.07) is 10.1. The normalized spacial score (nSPS) is 17.4. The lowest BCUT2D eigenvalue weighted by molar-refractivity contribution is -0.117. The SMILES string of the molecule is CCOC(=O)OC1=C(c2c(C)ccc(-c3ccc(F)cc3)c2C)C(=O)NC12CCOCC2. The third-order valence-corrected chi connectivity index (χ3v) is 6.11. The van der Waals surface area contributed by atoms with Crippen LogP contribution in [0.2, 0.25) is 0 Å². The van der Waals surface area contributed by atoms with Crippen LogP contribution in [0.3, 0.4) is 0 Å². The molecule has 2 aromatic carbocycles. The minimum Gasteiger partial charge on any atom is -0.434 e. The van der Waals surface area contributed by atoms with Crippen LogP contribution in [0.1, 0.15) is 36.5 Å². The number of hydrogen-bond acceptors (Lipinski definition) is 5. The van der Waals surface area contributed by atoms with Gasteiger partial charge in [-0.25, -0.2) is 9.18 Å². The molecule has 4 rings (SSSR count). The lowest BCUT2D eigenvalue weighted by Gasteiger charge is -2.34. The molecule has 0 saturated carbocycles. The summed E-state index contributed by atoms with van der Waals surface area (Å²) in [4.78, 5) is 25.6. The lowest BCUT2D eigenvalue weighted by Crippen LogP contribution is -2.49. The third-order valence-electron chi connectivity index (χ3n) is 6.11. The van der Waals surface area contributed by atoms with Gasteiger partial charge in [-0.2, -0.15) is 0 Å². The number of amides is 1. The fourth-order valence-corrected chi connectivity index (χ4v) is 4.53. The van der Waals surface area contributed by atoms with Crippen LogP contribution in [0.25, 0.3) is 16.7 Å². The average molecular weight is 439 g/mol. The molecule has 1 N–H and O–H groups in total. The molecule has 1 spiro atoms. The Morgan fingerprint density at radius 2 is 1.81 bits per heavy atom. The number of benzene rings is 2. The molecule has 0 atom stereocenters. The second-order valence-corrected chi connectivity index (χ2v) is 8.07. The highest BCUT2D eigenvalue weighted by atomic mass is 19.1. The van der Waals surface area contributed by atoms with E-state index in [-0.39, 0.29) is 24.1 Å². The van der Waals surface area contributed by atoms with E-state index in [1.165, 1.54) is 12.1 Å². The van der Waals surface area contributed by atoms with Gasteiger partial charge in [0.1, 0.15) is 11.4 Å². The summed E-state index contributed by atoms with van der Waals surface area (Å²) in [6.07, 6.45) is 0.145. The first kappa shape index (κ1) is 22.0. The first-order valence-electron chi connectivity index (χ1n) is 10.7. The van der Waals surface area contributed by atoms with Gasteiger partial charge >= 0.3 is 6.16 Å². The maximum Gasteiger partial charge on any atom is 0.513 e. The van der Waals surface area contributed by atoms with E-state index in [1.54, 1.807) is 19.1 Å². The largest absolute Gasteiger partial charge is 0.513 e. The fourth-order valence-electron chi connectivity index (χ4n) is 4.53. The van der Waals surface area contributed by atoms with Crippen molar-refractivity contribution in [3.8, 4) is 11.1 Å². The fraction of sp³-hybridized carbons (Fsp3) is 0.360. The number of carbonyl (C=O) groups is 2. The molecular formula is C25H26FNO5. The van der Waals surface area contributed by atoms with Crippen LogP contribution in [0.4, 0.5) is 9.18 Å². The Balaban J connectivity index is 1.90. The quantitative estimate of drug-likeness (QED) is 0.701. The summed E-state index contributed by atoms with van der Waals surface area (Å²) >= 11 is 0. The second-order valence-electron chi connectivity index (χ2n) is 8.07. The van der Waals surface area contributed by atoms with Gasteiger partial charge in [0.2, 0.25) is 0 Å². The smallest absolute Gasteiger partial charge is 0.434 e. The molecule has 1 fully saturated rings. The summed E-state index contributed by atoms with van der Waals surface area (Å²) in [6.45, 7) is 6.57. The van der Waals surface area contributed by atoms with Gasteiger partial charge in [0.15, 0.2) is 5.76 Å². The van der Waals surface area contributed by atoms with Gasteiger partial charge in [-0.15, -0.1) is 0 Å². The Bertz CT molecular complexity index is 1080. The summed E-state index contributed by atoms with van der Waals surface area (Å²) in [5.74, 6) is -0.330. The summed E-state index contributed by atoms with van der Waals surface area (Å²) in [7, 11) is 0. The van der Waals surface area contributed by atoms with Crippen molar-refractivity contribution in [3.05, 3.63) is 64.7 Å². The van der Waals surface area contributed by atoms with E-state index in [0.717, 1.165) is 22.3 Å². The number of carbonyl (C=O) groups excluding carboxylic acids is 2. The molecule has 1 amide bonds. The number of ether oxygens (including phenoxy) is 3. The van der Waals surface area contributed by atoms with Crippen LogP contribution in [0, 0.1) is 19.7 Å². The number of nitrogens with one attached hydrogen (secondary N) is 1. The molecule has 168 valence electrons. The minimum absolute atomic E-state index is 0.164. The molecule has 0 aliphatic carbocycles. The summed E-state index contributed by atoms with van der Waals surface area (Å²) < 4.78 is 29.6. The molecule has 7 heteroatoms. The van der Waals surface area contributed by atoms with Gasteiger partial charge in [0, 0.05) is 26.1 Å². The Kier molecular flexibility index (Phi) is 6.02. The minimum atomic E-state index is -0.840. The highest BCUT2D eigenvalue weighted by Crippen LogP contribution is 2.43. The van der Waals surface area contributed by atoms with Gasteiger partial charge in [0.05, 0.1) is 12.2 Å². The van der Waals surface area contributed by atoms with E-state index in [1.807, 2.05) is 26.0 Å². The van der Waals surface area contributed by atoms with Gasteiger partial charge in [-0.05, 0) is 60.7 Å². The molecule has 0 unspecified atom stereocenters. The van der Waals surface area contributed by atoms with Gasteiger partial charge in [-0.1, -0.05) is 24.3 Å². The van der Waals surface area contributed by atoms with Crippen LogP contribution >= 0.6 is 0 Å². The number of hydrogen-bond donors (Lipinski definition) is 1. The van der Waals surface area contributed by atoms with Crippen molar-refractivity contribution in [2.75, 3.05) is 19.8 Å². The molecular weight excluding hydrogens is 413 g/mol. The van der Waals surface area contributed by atoms with Crippen molar-refractivity contribution < 1.29 is 28.2 Å². The second kappa shape index (κ2) is 8.74. The first-order chi connectivity index (χ1) is 15.4. The Labute approximate surface area is 186 Å². The number of aryl methyl sites for hydroxylation is 1. The van der Waals surface area contributed by atoms with E-state index in [2.05, 4.69) is 5.32 Å². The van der Waals surface area contributed by atoms with E-state index >= 15 is 0 Å². The molecule has 1 saturated heterocycles. The Morgan fingerprint density at radius 3 is 2.47 bits per heavy atom. The monoisotopic (exact) mass is 439 g/mol. The zero-order valence-corrected chi connectivity index (χ0v) is 18.4. The summed E-state index contributed by atoms with van der Waals surface area (Å²) in [5, 5.41) is 3.06. The molecule has 0 bridgehead atoms. The van der Waals surface area contributed by atoms with Crippen LogP contribution in [-0.4, -0.2) is 37.4 Å². The van der Waals surface area contributed by atoms with Crippen LogP contribution in [0.5, 0.6) is 0 Å². The number of rotatable bonds is 4. The third kappa shape index (κ3) is 3.88. The van der Waals surface area contributed by atoms with Crippen LogP contribution in [0.15, 0.2) is 42.2 Å². The molecule has 6 nitrogen and oxygen atoms in total. The zero-order valence-electron chi connectivity index (χ0n) is 18.4. The topological polar surface area (TPSA) is 73.9 Å². The Morgan fingerprint density at radius 1 is 1.12 bits per heavy atom. The van der Waals surface area contributed by atoms with Crippen molar-refractivity contribution in [1.82, 2.24) is 5.32 Å². The van der Waals surface area contributed by atoms with Crippen molar-refractivity contribution in [2.45, 2.75) is 39.2 Å². The van der Waals surface area contributed by atoms with E-state index in [9.17, 15) is 14.0 Å². The van der Waals surface area contributed by atoms with Crippen molar-refractivity contribution in [2.24, 2.45) is 0 Å². The summed E-state index contributed by atoms with van der Waals surface area (Å²) in [5.41, 5.74) is 3.63. The zero-order chi connectivity index (χ0) is 22.9. The maximum absolute atomic E-state index is 13.5. The standard InChI is InChI=1S/C25H26FNO5/c1-4-31-24(29)32-22-21(23(28)27-25(22)11-13-30-14-12-25)20-15(2)5-10-19(16(20)3)17-6-8-18(26)9-7-17/h5-10H,4,11-14H2,1-3H3,(H,27,28). The molecule has 2 aliphatic heterocycles. The molecule has 32 heavy (non-hydrogen) atoms. The predicted octanol–water partition coefficient (Wildman–Crippen LogP) is 4.67. The van der Waals surface area contributed by atoms with Crippen LogP contribution < -0.4 is 5.32 Å². The average Bonchev–Trinajstić information content (AvgIpc) is 3.00. The van der Waals surface area contributed by atoms with Crippen molar-refractivity contribution >= 4 is 17.6 Å². The lowest BCUT2D eigenvalue weighted by atomic mass is 9.85. The first-order valence-corrected chi connectivity index (χ1v) is 10.7. The van der Waals surface area contributed by atoms with Crippen LogP contribution in [-0.2, 0) is 19.0 Å². The number of halogens is 1.